The SMILES string of the molecule is CCCCCC/C=C\CCCCCCCC(=O)OC[C@H](COP(=O)(O)OCCN)O/C=C\CCCCCCCCCCCCCC. The minimum Gasteiger partial charge on any atom is -0.492 e. The lowest BCUT2D eigenvalue weighted by molar-refractivity contribution is -0.147. The Morgan fingerprint density at radius 1 is 0.652 bits per heavy atom. The molecule has 0 rings (SSSR count). The van der Waals surface area contributed by atoms with E-state index in [9.17, 15) is 14.3 Å². The van der Waals surface area contributed by atoms with Crippen molar-refractivity contribution in [2.45, 2.75) is 180 Å². The largest absolute Gasteiger partial charge is 0.492 e. The summed E-state index contributed by atoms with van der Waals surface area (Å²) in [4.78, 5) is 22.1. The zero-order chi connectivity index (χ0) is 33.8. The van der Waals surface area contributed by atoms with E-state index in [1.165, 1.54) is 116 Å². The van der Waals surface area contributed by atoms with Crippen LogP contribution in [0.15, 0.2) is 24.5 Å². The maximum atomic E-state index is 12.3. The van der Waals surface area contributed by atoms with Gasteiger partial charge in [0.25, 0.3) is 0 Å². The summed E-state index contributed by atoms with van der Waals surface area (Å²) in [5, 5.41) is 0. The zero-order valence-electron chi connectivity index (χ0n) is 29.8. The molecule has 0 saturated carbocycles. The molecule has 0 fully saturated rings. The Hall–Kier alpha value is -1.18. The molecular weight excluding hydrogens is 601 g/mol. The van der Waals surface area contributed by atoms with E-state index in [-0.39, 0.29) is 32.3 Å². The van der Waals surface area contributed by atoms with E-state index in [4.69, 9.17) is 24.3 Å². The highest BCUT2D eigenvalue weighted by atomic mass is 31.2. The number of rotatable bonds is 36. The number of carbonyl (C=O) groups excluding carboxylic acids is 1. The van der Waals surface area contributed by atoms with Crippen molar-refractivity contribution in [3.8, 4) is 0 Å². The van der Waals surface area contributed by atoms with Crippen LogP contribution in [0.4, 0.5) is 0 Å². The van der Waals surface area contributed by atoms with Crippen LogP contribution in [0.5, 0.6) is 0 Å². The molecule has 0 heterocycles. The first kappa shape index (κ1) is 44.8. The number of carbonyl (C=O) groups is 1. The molecule has 0 amide bonds. The van der Waals surface area contributed by atoms with Gasteiger partial charge in [0.2, 0.25) is 0 Å². The lowest BCUT2D eigenvalue weighted by atomic mass is 10.0. The van der Waals surface area contributed by atoms with Crippen molar-refractivity contribution < 1.29 is 32.8 Å². The van der Waals surface area contributed by atoms with Gasteiger partial charge in [0.1, 0.15) is 6.61 Å². The maximum Gasteiger partial charge on any atom is 0.472 e. The Morgan fingerprint density at radius 2 is 1.11 bits per heavy atom. The lowest BCUT2D eigenvalue weighted by Crippen LogP contribution is -2.25. The normalized spacial score (nSPS) is 13.8. The highest BCUT2D eigenvalue weighted by Crippen LogP contribution is 2.43. The molecule has 0 spiro atoms. The summed E-state index contributed by atoms with van der Waals surface area (Å²) in [6.45, 7) is 4.19. The minimum absolute atomic E-state index is 0.0660. The monoisotopic (exact) mass is 674 g/mol. The van der Waals surface area contributed by atoms with Crippen LogP contribution >= 0.6 is 7.82 Å². The second-order valence-corrected chi connectivity index (χ2v) is 14.0. The smallest absolute Gasteiger partial charge is 0.472 e. The quantitative estimate of drug-likeness (QED) is 0.0222. The predicted octanol–water partition coefficient (Wildman–Crippen LogP) is 10.9. The zero-order valence-corrected chi connectivity index (χ0v) is 30.7. The number of nitrogens with two attached hydrogens (primary N) is 1. The number of allylic oxidation sites excluding steroid dienone is 3. The summed E-state index contributed by atoms with van der Waals surface area (Å²) < 4.78 is 33.0. The Morgan fingerprint density at radius 3 is 1.63 bits per heavy atom. The van der Waals surface area contributed by atoms with Crippen molar-refractivity contribution in [2.75, 3.05) is 26.4 Å². The summed E-state index contributed by atoms with van der Waals surface area (Å²) >= 11 is 0. The molecule has 46 heavy (non-hydrogen) atoms. The van der Waals surface area contributed by atoms with Crippen LogP contribution in [0.3, 0.4) is 0 Å². The van der Waals surface area contributed by atoms with Crippen molar-refractivity contribution in [1.82, 2.24) is 0 Å². The minimum atomic E-state index is -4.26. The van der Waals surface area contributed by atoms with E-state index >= 15 is 0 Å². The second-order valence-electron chi connectivity index (χ2n) is 12.5. The first-order valence-electron chi connectivity index (χ1n) is 18.9. The van der Waals surface area contributed by atoms with Crippen molar-refractivity contribution in [1.29, 1.82) is 0 Å². The molecule has 0 aliphatic heterocycles. The Kier molecular flexibility index (Phi) is 34.2. The standard InChI is InChI=1S/C37H72NO7P/c1-3-5-7-9-11-13-15-17-19-21-23-25-27-29-32-42-36(35-45-46(40,41)44-33-31-38)34-43-37(39)30-28-26-24-22-20-18-16-14-12-10-8-6-4-2/h14,16,29,32,36H,3-13,15,17-28,30-31,33-35,38H2,1-2H3,(H,40,41)/b16-14-,32-29-/t36-/m1/s1. The summed E-state index contributed by atoms with van der Waals surface area (Å²) in [7, 11) is -4.26. The number of hydrogen-bond donors (Lipinski definition) is 2. The number of ether oxygens (including phenoxy) is 2. The van der Waals surface area contributed by atoms with E-state index in [1.807, 2.05) is 6.08 Å². The molecule has 3 N–H and O–H groups in total. The van der Waals surface area contributed by atoms with Gasteiger partial charge in [-0.15, -0.1) is 0 Å². The lowest BCUT2D eigenvalue weighted by Gasteiger charge is -2.19. The Bertz CT molecular complexity index is 762. The van der Waals surface area contributed by atoms with E-state index in [0.29, 0.717) is 6.42 Å². The average molecular weight is 674 g/mol. The predicted molar refractivity (Wildman–Crippen MR) is 192 cm³/mol. The molecule has 0 aromatic heterocycles. The van der Waals surface area contributed by atoms with Crippen molar-refractivity contribution in [2.24, 2.45) is 5.73 Å². The van der Waals surface area contributed by atoms with Crippen LogP contribution in [-0.2, 0) is 27.9 Å². The summed E-state index contributed by atoms with van der Waals surface area (Å²) in [5.74, 6) is -0.299. The Labute approximate surface area is 283 Å². The number of phosphoric ester groups is 1. The summed E-state index contributed by atoms with van der Waals surface area (Å²) in [6, 6.07) is 0. The average Bonchev–Trinajstić information content (AvgIpc) is 3.05. The third-order valence-corrected chi connectivity index (χ3v) is 8.94. The molecule has 272 valence electrons. The first-order chi connectivity index (χ1) is 22.4. The molecule has 2 atom stereocenters. The molecule has 0 aromatic rings. The fraction of sp³-hybridized carbons (Fsp3) is 0.865. The van der Waals surface area contributed by atoms with Crippen LogP contribution < -0.4 is 5.73 Å². The molecule has 0 aliphatic carbocycles. The van der Waals surface area contributed by atoms with Crippen LogP contribution in [0.1, 0.15) is 174 Å². The van der Waals surface area contributed by atoms with Gasteiger partial charge >= 0.3 is 13.8 Å². The van der Waals surface area contributed by atoms with Gasteiger partial charge in [0, 0.05) is 13.0 Å². The van der Waals surface area contributed by atoms with Gasteiger partial charge in [-0.25, -0.2) is 4.57 Å². The Balaban J connectivity index is 4.15. The molecule has 0 saturated heterocycles. The molecule has 8 nitrogen and oxygen atoms in total. The highest BCUT2D eigenvalue weighted by molar-refractivity contribution is 7.47. The molecule has 0 aromatic carbocycles. The topological polar surface area (TPSA) is 117 Å². The van der Waals surface area contributed by atoms with Gasteiger partial charge in [-0.3, -0.25) is 13.8 Å². The van der Waals surface area contributed by atoms with E-state index < -0.39 is 13.9 Å². The molecule has 9 heteroatoms. The molecule has 1 unspecified atom stereocenters. The molecule has 0 bridgehead atoms. The number of esters is 1. The third kappa shape index (κ3) is 34.2. The molecular formula is C37H72NO7P. The van der Waals surface area contributed by atoms with Crippen LogP contribution in [0.2, 0.25) is 0 Å². The van der Waals surface area contributed by atoms with Crippen LogP contribution in [-0.4, -0.2) is 43.3 Å². The van der Waals surface area contributed by atoms with E-state index in [0.717, 1.165) is 38.5 Å². The van der Waals surface area contributed by atoms with Crippen molar-refractivity contribution in [3.05, 3.63) is 24.5 Å². The van der Waals surface area contributed by atoms with Gasteiger partial charge in [-0.2, -0.15) is 0 Å². The number of phosphoric acid groups is 1. The van der Waals surface area contributed by atoms with Crippen molar-refractivity contribution >= 4 is 13.8 Å². The fourth-order valence-electron chi connectivity index (χ4n) is 5.09. The maximum absolute atomic E-state index is 12.3. The van der Waals surface area contributed by atoms with Gasteiger partial charge in [0.15, 0.2) is 6.10 Å². The van der Waals surface area contributed by atoms with E-state index in [1.54, 1.807) is 6.26 Å². The number of unbranched alkanes of at least 4 members (excludes halogenated alkanes) is 21. The van der Waals surface area contributed by atoms with Crippen molar-refractivity contribution in [3.63, 3.8) is 0 Å². The molecule has 0 aliphatic rings. The highest BCUT2D eigenvalue weighted by Gasteiger charge is 2.24. The van der Waals surface area contributed by atoms with Gasteiger partial charge in [-0.1, -0.05) is 135 Å². The summed E-state index contributed by atoms with van der Waals surface area (Å²) in [5.41, 5.74) is 5.34. The molecule has 0 radical (unpaired) electrons. The first-order valence-corrected chi connectivity index (χ1v) is 20.4. The van der Waals surface area contributed by atoms with Crippen LogP contribution in [0, 0.1) is 0 Å². The summed E-state index contributed by atoms with van der Waals surface area (Å²) in [6.07, 6.45) is 37.1. The second kappa shape index (κ2) is 35.1. The van der Waals surface area contributed by atoms with E-state index in [2.05, 4.69) is 26.0 Å². The van der Waals surface area contributed by atoms with Crippen LogP contribution in [0.25, 0.3) is 0 Å². The van der Waals surface area contributed by atoms with Gasteiger partial charge in [-0.05, 0) is 51.0 Å². The van der Waals surface area contributed by atoms with Gasteiger partial charge < -0.3 is 20.1 Å². The fourth-order valence-corrected chi connectivity index (χ4v) is 5.86. The number of hydrogen-bond acceptors (Lipinski definition) is 7. The van der Waals surface area contributed by atoms with Gasteiger partial charge in [0.05, 0.1) is 19.5 Å². The third-order valence-electron chi connectivity index (χ3n) is 7.96.